The minimum absolute atomic E-state index is 0.0742. The SMILES string of the molecule is FN(F)c1cc(C(F)(F)F)cc(C(F)(F)F)c1. The molecule has 0 fully saturated rings. The molecule has 1 rings (SSSR count). The number of halogens is 8. The molecule has 0 aliphatic carbocycles. The molecule has 0 aromatic heterocycles. The van der Waals surface area contributed by atoms with E-state index in [1.165, 1.54) is 0 Å². The van der Waals surface area contributed by atoms with E-state index in [0.29, 0.717) is 0 Å². The van der Waals surface area contributed by atoms with Crippen molar-refractivity contribution in [1.29, 1.82) is 0 Å². The highest BCUT2D eigenvalue weighted by molar-refractivity contribution is 5.49. The molecule has 1 aromatic rings. The number of hydrogen-bond donors (Lipinski definition) is 0. The molecule has 0 atom stereocenters. The topological polar surface area (TPSA) is 3.24 Å². The predicted molar refractivity (Wildman–Crippen MR) is 41.1 cm³/mol. The Bertz CT molecular complexity index is 373. The second kappa shape index (κ2) is 4.04. The Hall–Kier alpha value is -1.54. The van der Waals surface area contributed by atoms with E-state index < -0.39 is 34.5 Å². The van der Waals surface area contributed by atoms with E-state index in [4.69, 9.17) is 0 Å². The van der Waals surface area contributed by atoms with Crippen LogP contribution in [0.2, 0.25) is 0 Å². The summed E-state index contributed by atoms with van der Waals surface area (Å²) < 4.78 is 97.0. The maximum absolute atomic E-state index is 12.2. The van der Waals surface area contributed by atoms with Crippen LogP contribution >= 0.6 is 0 Å². The Morgan fingerprint density at radius 2 is 1.06 bits per heavy atom. The van der Waals surface area contributed by atoms with Gasteiger partial charge in [0, 0.05) is 0 Å². The van der Waals surface area contributed by atoms with Gasteiger partial charge in [-0.2, -0.15) is 26.3 Å². The number of anilines is 1. The van der Waals surface area contributed by atoms with Gasteiger partial charge in [0.1, 0.15) is 5.69 Å². The summed E-state index contributed by atoms with van der Waals surface area (Å²) in [5, 5.41) is -1.81. The summed E-state index contributed by atoms with van der Waals surface area (Å²) in [5.41, 5.74) is -5.06. The molecule has 17 heavy (non-hydrogen) atoms. The van der Waals surface area contributed by atoms with Crippen molar-refractivity contribution in [3.05, 3.63) is 29.3 Å². The normalized spacial score (nSPS) is 12.7. The summed E-state index contributed by atoms with van der Waals surface area (Å²) in [4.78, 5) is 0. The van der Waals surface area contributed by atoms with E-state index in [9.17, 15) is 35.3 Å². The maximum Gasteiger partial charge on any atom is 0.416 e. The molecule has 0 amide bonds. The molecular formula is C8H3F8N. The molecule has 0 unspecified atom stereocenters. The van der Waals surface area contributed by atoms with E-state index in [1.54, 1.807) is 0 Å². The zero-order valence-corrected chi connectivity index (χ0v) is 7.70. The minimum Gasteiger partial charge on any atom is -0.166 e. The molecule has 1 aromatic carbocycles. The second-order valence-electron chi connectivity index (χ2n) is 3.00. The van der Waals surface area contributed by atoms with Gasteiger partial charge in [0.05, 0.1) is 11.1 Å². The quantitative estimate of drug-likeness (QED) is 0.540. The van der Waals surface area contributed by atoms with Crippen molar-refractivity contribution in [3.8, 4) is 0 Å². The summed E-state index contributed by atoms with van der Waals surface area (Å²) >= 11 is 0. The first kappa shape index (κ1) is 13.5. The number of rotatable bonds is 1. The summed E-state index contributed by atoms with van der Waals surface area (Å²) in [6.45, 7) is 0. The van der Waals surface area contributed by atoms with Gasteiger partial charge in [0.25, 0.3) is 0 Å². The third-order valence-electron chi connectivity index (χ3n) is 1.77. The van der Waals surface area contributed by atoms with E-state index >= 15 is 0 Å². The van der Waals surface area contributed by atoms with Crippen molar-refractivity contribution in [2.24, 2.45) is 0 Å². The molecular weight excluding hydrogens is 262 g/mol. The van der Waals surface area contributed by atoms with E-state index in [-0.39, 0.29) is 18.2 Å². The first-order valence-corrected chi connectivity index (χ1v) is 3.93. The van der Waals surface area contributed by atoms with Gasteiger partial charge in [-0.1, -0.05) is 8.96 Å². The van der Waals surface area contributed by atoms with Crippen molar-refractivity contribution in [2.45, 2.75) is 12.4 Å². The summed E-state index contributed by atoms with van der Waals surface area (Å²) in [7, 11) is 0. The third-order valence-corrected chi connectivity index (χ3v) is 1.77. The molecule has 96 valence electrons. The molecule has 0 aliphatic heterocycles. The largest absolute Gasteiger partial charge is 0.416 e. The van der Waals surface area contributed by atoms with Gasteiger partial charge in [-0.3, -0.25) is 0 Å². The molecule has 0 aliphatic rings. The maximum atomic E-state index is 12.2. The van der Waals surface area contributed by atoms with E-state index in [1.807, 2.05) is 0 Å². The lowest BCUT2D eigenvalue weighted by Crippen LogP contribution is -2.12. The highest BCUT2D eigenvalue weighted by atomic mass is 19.4. The Balaban J connectivity index is 3.40. The van der Waals surface area contributed by atoms with Crippen LogP contribution in [0.1, 0.15) is 11.1 Å². The van der Waals surface area contributed by atoms with Crippen LogP contribution in [-0.4, -0.2) is 0 Å². The standard InChI is InChI=1S/C8H3F8N/c9-7(10,11)4-1-5(8(12,13)14)3-6(2-4)17(15)16/h1-3H. The van der Waals surface area contributed by atoms with E-state index in [2.05, 4.69) is 0 Å². The molecule has 0 saturated carbocycles. The van der Waals surface area contributed by atoms with Crippen molar-refractivity contribution in [1.82, 2.24) is 0 Å². The van der Waals surface area contributed by atoms with Gasteiger partial charge in [-0.25, -0.2) is 0 Å². The molecule has 0 N–H and O–H groups in total. The molecule has 1 nitrogen and oxygen atoms in total. The van der Waals surface area contributed by atoms with Crippen LogP contribution in [0.15, 0.2) is 18.2 Å². The molecule has 9 heteroatoms. The highest BCUT2D eigenvalue weighted by Crippen LogP contribution is 2.38. The summed E-state index contributed by atoms with van der Waals surface area (Å²) in [5.74, 6) is 0. The van der Waals surface area contributed by atoms with Crippen LogP contribution in [0.3, 0.4) is 0 Å². The molecule has 0 spiro atoms. The van der Waals surface area contributed by atoms with Gasteiger partial charge in [-0.15, -0.1) is 0 Å². The molecule has 0 saturated heterocycles. The highest BCUT2D eigenvalue weighted by Gasteiger charge is 2.37. The predicted octanol–water partition coefficient (Wildman–Crippen LogP) is 4.30. The number of nitrogens with zero attached hydrogens (tertiary/aromatic N) is 1. The van der Waals surface area contributed by atoms with Gasteiger partial charge >= 0.3 is 12.4 Å². The zero-order chi connectivity index (χ0) is 13.4. The second-order valence-corrected chi connectivity index (χ2v) is 3.00. The average molecular weight is 265 g/mol. The van der Waals surface area contributed by atoms with Crippen molar-refractivity contribution in [3.63, 3.8) is 0 Å². The van der Waals surface area contributed by atoms with Crippen LogP contribution in [0.4, 0.5) is 41.0 Å². The van der Waals surface area contributed by atoms with Gasteiger partial charge in [0.15, 0.2) is 0 Å². The lowest BCUT2D eigenvalue weighted by molar-refractivity contribution is -0.143. The van der Waals surface area contributed by atoms with Crippen molar-refractivity contribution >= 4 is 5.69 Å². The Morgan fingerprint density at radius 1 is 0.706 bits per heavy atom. The van der Waals surface area contributed by atoms with Crippen molar-refractivity contribution < 1.29 is 35.3 Å². The smallest absolute Gasteiger partial charge is 0.166 e. The first-order chi connectivity index (χ1) is 7.51. The molecule has 0 heterocycles. The van der Waals surface area contributed by atoms with Crippen molar-refractivity contribution in [2.75, 3.05) is 5.34 Å². The summed E-state index contributed by atoms with van der Waals surface area (Å²) in [6, 6.07) is -0.378. The van der Waals surface area contributed by atoms with Crippen LogP contribution in [0.25, 0.3) is 0 Å². The fraction of sp³-hybridized carbons (Fsp3) is 0.250. The van der Waals surface area contributed by atoms with Gasteiger partial charge in [0.2, 0.25) is 0 Å². The monoisotopic (exact) mass is 265 g/mol. The number of hydrogen-bond acceptors (Lipinski definition) is 1. The fourth-order valence-corrected chi connectivity index (χ4v) is 1.04. The first-order valence-electron chi connectivity index (χ1n) is 3.93. The van der Waals surface area contributed by atoms with Crippen LogP contribution in [0, 0.1) is 0 Å². The van der Waals surface area contributed by atoms with Gasteiger partial charge in [-0.05, 0) is 23.5 Å². The number of benzene rings is 1. The molecule has 0 bridgehead atoms. The third kappa shape index (κ3) is 3.21. The average Bonchev–Trinajstić information content (AvgIpc) is 2.14. The van der Waals surface area contributed by atoms with Crippen LogP contribution in [-0.2, 0) is 12.4 Å². The summed E-state index contributed by atoms with van der Waals surface area (Å²) in [6.07, 6.45) is -10.3. The zero-order valence-electron chi connectivity index (χ0n) is 7.70. The minimum atomic E-state index is -5.13. The number of alkyl halides is 6. The lowest BCUT2D eigenvalue weighted by atomic mass is 10.1. The Labute approximate surface area is 89.1 Å². The van der Waals surface area contributed by atoms with Crippen LogP contribution < -0.4 is 5.34 Å². The van der Waals surface area contributed by atoms with Gasteiger partial charge < -0.3 is 0 Å². The Kier molecular flexibility index (Phi) is 3.22. The Morgan fingerprint density at radius 3 is 1.29 bits per heavy atom. The lowest BCUT2D eigenvalue weighted by Gasteiger charge is -2.13. The van der Waals surface area contributed by atoms with E-state index in [0.717, 1.165) is 0 Å². The molecule has 0 radical (unpaired) electrons. The fourth-order valence-electron chi connectivity index (χ4n) is 1.04. The van der Waals surface area contributed by atoms with Crippen LogP contribution in [0.5, 0.6) is 0 Å².